The number of epoxide rings is 1. The Kier molecular flexibility index (Phi) is 7.20. The maximum atomic E-state index is 15.1. The van der Waals surface area contributed by atoms with E-state index in [4.69, 9.17) is 9.47 Å². The van der Waals surface area contributed by atoms with Gasteiger partial charge in [-0.05, 0) is 86.3 Å². The summed E-state index contributed by atoms with van der Waals surface area (Å²) in [6.45, 7) is 4.16. The summed E-state index contributed by atoms with van der Waals surface area (Å²) in [5, 5.41) is 0. The monoisotopic (exact) mass is 502 g/mol. The number of ether oxygens (including phenoxy) is 2. The Balaban J connectivity index is 1.19. The molecular formula is C29H30F4O3. The van der Waals surface area contributed by atoms with E-state index in [1.807, 2.05) is 6.08 Å². The van der Waals surface area contributed by atoms with Gasteiger partial charge in [0.15, 0.2) is 23.3 Å². The molecule has 3 fully saturated rings. The molecule has 1 atom stereocenters. The van der Waals surface area contributed by atoms with Gasteiger partial charge in [0.05, 0.1) is 12.2 Å². The van der Waals surface area contributed by atoms with Crippen LogP contribution in [0.15, 0.2) is 36.9 Å². The zero-order valence-corrected chi connectivity index (χ0v) is 20.1. The van der Waals surface area contributed by atoms with Crippen LogP contribution in [-0.2, 0) is 9.47 Å². The van der Waals surface area contributed by atoms with Gasteiger partial charge >= 0.3 is 5.97 Å². The van der Waals surface area contributed by atoms with Gasteiger partial charge in [0, 0.05) is 5.56 Å². The lowest BCUT2D eigenvalue weighted by molar-refractivity contribution is 0.0188. The Morgan fingerprint density at radius 1 is 0.778 bits per heavy atom. The number of hydrogen-bond acceptors (Lipinski definition) is 3. The maximum absolute atomic E-state index is 15.1. The number of carbonyl (C=O) groups excluding carboxylic acids is 1. The number of allylic oxidation sites excluding steroid dienone is 1. The molecule has 0 amide bonds. The van der Waals surface area contributed by atoms with Crippen molar-refractivity contribution in [3.63, 3.8) is 0 Å². The molecule has 3 aliphatic rings. The van der Waals surface area contributed by atoms with E-state index in [0.717, 1.165) is 25.7 Å². The largest absolute Gasteiger partial charge is 0.459 e. The number of benzene rings is 2. The van der Waals surface area contributed by atoms with E-state index in [1.54, 1.807) is 12.1 Å². The van der Waals surface area contributed by atoms with Gasteiger partial charge in [-0.2, -0.15) is 0 Å². The second-order valence-corrected chi connectivity index (χ2v) is 10.3. The molecule has 0 spiro atoms. The fourth-order valence-corrected chi connectivity index (χ4v) is 5.78. The summed E-state index contributed by atoms with van der Waals surface area (Å²) < 4.78 is 69.2. The van der Waals surface area contributed by atoms with E-state index < -0.39 is 47.0 Å². The lowest BCUT2D eigenvalue weighted by Crippen LogP contribution is -2.25. The van der Waals surface area contributed by atoms with Crippen molar-refractivity contribution in [2.24, 2.45) is 5.92 Å². The molecule has 1 saturated heterocycles. The lowest BCUT2D eigenvalue weighted by atomic mass is 9.77. The molecule has 3 nitrogen and oxygen atoms in total. The lowest BCUT2D eigenvalue weighted by Gasteiger charge is -2.30. The van der Waals surface area contributed by atoms with Crippen LogP contribution in [0.25, 0.3) is 0 Å². The van der Waals surface area contributed by atoms with Gasteiger partial charge in [0.2, 0.25) is 0 Å². The first-order valence-electron chi connectivity index (χ1n) is 12.8. The number of rotatable bonds is 6. The predicted octanol–water partition coefficient (Wildman–Crippen LogP) is 7.66. The molecule has 1 unspecified atom stereocenters. The van der Waals surface area contributed by atoms with Crippen molar-refractivity contribution in [1.82, 2.24) is 0 Å². The van der Waals surface area contributed by atoms with Crippen molar-refractivity contribution in [1.29, 1.82) is 0 Å². The van der Waals surface area contributed by atoms with Gasteiger partial charge in [-0.3, -0.25) is 0 Å². The topological polar surface area (TPSA) is 38.8 Å². The van der Waals surface area contributed by atoms with Crippen LogP contribution in [0.2, 0.25) is 0 Å². The van der Waals surface area contributed by atoms with Gasteiger partial charge in [0.25, 0.3) is 0 Å². The molecule has 2 aliphatic carbocycles. The molecule has 0 radical (unpaired) electrons. The van der Waals surface area contributed by atoms with Crippen molar-refractivity contribution >= 4 is 5.97 Å². The summed E-state index contributed by atoms with van der Waals surface area (Å²) in [7, 11) is 0. The van der Waals surface area contributed by atoms with Crippen LogP contribution >= 0.6 is 0 Å². The molecule has 36 heavy (non-hydrogen) atoms. The van der Waals surface area contributed by atoms with Gasteiger partial charge < -0.3 is 9.47 Å². The molecule has 2 aromatic carbocycles. The van der Waals surface area contributed by atoms with Crippen LogP contribution in [0.1, 0.15) is 96.4 Å². The Hall–Kier alpha value is -2.67. The standard InChI is InChI=1S/C29H30F4O3/c1-2-16-3-5-17(6-4-16)20-11-12-21(26(31)25(20)30)18-7-9-19(10-8-18)36-29(34)23-14-13-22(24-15-35-24)27(32)28(23)33/h2,11-14,16-19,24H,1,3-10,15H2. The molecule has 1 heterocycles. The molecule has 7 heteroatoms. The first-order valence-corrected chi connectivity index (χ1v) is 12.8. The summed E-state index contributed by atoms with van der Waals surface area (Å²) in [5.41, 5.74) is 0.445. The van der Waals surface area contributed by atoms with Crippen molar-refractivity contribution in [3.05, 3.63) is 82.4 Å². The quantitative estimate of drug-likeness (QED) is 0.176. The van der Waals surface area contributed by atoms with Crippen molar-refractivity contribution < 1.29 is 31.8 Å². The minimum atomic E-state index is -1.24. The van der Waals surface area contributed by atoms with Crippen LogP contribution in [0.3, 0.4) is 0 Å². The van der Waals surface area contributed by atoms with Crippen molar-refractivity contribution in [2.75, 3.05) is 6.61 Å². The summed E-state index contributed by atoms with van der Waals surface area (Å²) >= 11 is 0. The van der Waals surface area contributed by atoms with Crippen LogP contribution in [0, 0.1) is 29.2 Å². The fourth-order valence-electron chi connectivity index (χ4n) is 5.78. The third-order valence-electron chi connectivity index (χ3n) is 8.09. The summed E-state index contributed by atoms with van der Waals surface area (Å²) in [5.74, 6) is -4.50. The first-order chi connectivity index (χ1) is 17.4. The third-order valence-corrected chi connectivity index (χ3v) is 8.09. The predicted molar refractivity (Wildman–Crippen MR) is 127 cm³/mol. The van der Waals surface area contributed by atoms with Gasteiger partial charge in [-0.25, -0.2) is 22.4 Å². The molecule has 2 aromatic rings. The van der Waals surface area contributed by atoms with E-state index in [2.05, 4.69) is 6.58 Å². The van der Waals surface area contributed by atoms with Crippen LogP contribution in [0.5, 0.6) is 0 Å². The average molecular weight is 503 g/mol. The van der Waals surface area contributed by atoms with Gasteiger partial charge in [-0.15, -0.1) is 6.58 Å². The highest BCUT2D eigenvalue weighted by Crippen LogP contribution is 2.41. The fraction of sp³-hybridized carbons (Fsp3) is 0.483. The summed E-state index contributed by atoms with van der Waals surface area (Å²) in [4.78, 5) is 12.5. The Bertz CT molecular complexity index is 1140. The highest BCUT2D eigenvalue weighted by Gasteiger charge is 2.33. The number of esters is 1. The zero-order valence-electron chi connectivity index (χ0n) is 20.1. The molecular weight excluding hydrogens is 472 g/mol. The van der Waals surface area contributed by atoms with E-state index in [1.165, 1.54) is 12.1 Å². The third kappa shape index (κ3) is 4.95. The molecule has 0 N–H and O–H groups in total. The van der Waals surface area contributed by atoms with E-state index in [0.29, 0.717) is 49.3 Å². The highest BCUT2D eigenvalue weighted by atomic mass is 19.2. The minimum absolute atomic E-state index is 0.0241. The Labute approximate surface area is 208 Å². The van der Waals surface area contributed by atoms with Crippen LogP contribution in [0.4, 0.5) is 17.6 Å². The van der Waals surface area contributed by atoms with Crippen molar-refractivity contribution in [2.45, 2.75) is 75.4 Å². The molecule has 5 rings (SSSR count). The van der Waals surface area contributed by atoms with E-state index in [9.17, 15) is 13.6 Å². The Morgan fingerprint density at radius 2 is 1.28 bits per heavy atom. The molecule has 192 valence electrons. The SMILES string of the molecule is C=CC1CCC(c2ccc(C3CCC(OC(=O)c4ccc(C5CO5)c(F)c4F)CC3)c(F)c2F)CC1. The number of hydrogen-bond donors (Lipinski definition) is 0. The normalized spacial score (nSPS) is 27.9. The zero-order chi connectivity index (χ0) is 25.4. The van der Waals surface area contributed by atoms with Gasteiger partial charge in [-0.1, -0.05) is 24.3 Å². The van der Waals surface area contributed by atoms with Crippen molar-refractivity contribution in [3.8, 4) is 0 Å². The highest BCUT2D eigenvalue weighted by molar-refractivity contribution is 5.90. The van der Waals surface area contributed by atoms with Gasteiger partial charge in [0.1, 0.15) is 12.2 Å². The second kappa shape index (κ2) is 10.4. The van der Waals surface area contributed by atoms with Crippen LogP contribution < -0.4 is 0 Å². The molecule has 0 aromatic heterocycles. The molecule has 2 saturated carbocycles. The van der Waals surface area contributed by atoms with Crippen LogP contribution in [-0.4, -0.2) is 18.7 Å². The molecule has 1 aliphatic heterocycles. The summed E-state index contributed by atoms with van der Waals surface area (Å²) in [6.07, 6.45) is 6.39. The Morgan fingerprint density at radius 3 is 1.81 bits per heavy atom. The van der Waals surface area contributed by atoms with E-state index >= 15 is 8.78 Å². The maximum Gasteiger partial charge on any atom is 0.341 e. The number of halogens is 4. The first kappa shape index (κ1) is 25.0. The second-order valence-electron chi connectivity index (χ2n) is 10.3. The average Bonchev–Trinajstić information content (AvgIpc) is 3.73. The van der Waals surface area contributed by atoms with E-state index in [-0.39, 0.29) is 17.4 Å². The summed E-state index contributed by atoms with van der Waals surface area (Å²) in [6, 6.07) is 5.99. The smallest absolute Gasteiger partial charge is 0.341 e. The minimum Gasteiger partial charge on any atom is -0.459 e. The number of carbonyl (C=O) groups is 1. The molecule has 0 bridgehead atoms.